The van der Waals surface area contributed by atoms with Gasteiger partial charge in [0.1, 0.15) is 5.75 Å². The molecule has 0 aliphatic carbocycles. The Labute approximate surface area is 248 Å². The van der Waals surface area contributed by atoms with Gasteiger partial charge in [-0.1, -0.05) is 6.07 Å². The summed E-state index contributed by atoms with van der Waals surface area (Å²) in [7, 11) is 2.16. The van der Waals surface area contributed by atoms with E-state index in [1.807, 2.05) is 20.8 Å². The summed E-state index contributed by atoms with van der Waals surface area (Å²) in [6.45, 7) is 15.2. The van der Waals surface area contributed by atoms with Crippen LogP contribution in [-0.2, 0) is 33.7 Å². The molecule has 0 saturated carbocycles. The molecule has 1 N–H and O–H groups in total. The van der Waals surface area contributed by atoms with Crippen LogP contribution in [0.25, 0.3) is 11.1 Å². The molecule has 0 amide bonds. The number of carbonyl (C=O) groups is 1. The maximum atomic E-state index is 12.7. The first-order valence-corrected chi connectivity index (χ1v) is 15.2. The molecule has 0 radical (unpaired) electrons. The lowest BCUT2D eigenvalue weighted by Crippen LogP contribution is -2.30. The summed E-state index contributed by atoms with van der Waals surface area (Å²) in [5.74, 6) is 1.38. The number of rotatable bonds is 8. The Hall–Kier alpha value is -2.00. The van der Waals surface area contributed by atoms with E-state index in [1.54, 1.807) is 20.8 Å². The fourth-order valence-corrected chi connectivity index (χ4v) is 5.74. The zero-order chi connectivity index (χ0) is 29.4. The third-order valence-electron chi connectivity index (χ3n) is 6.73. The molecule has 2 aliphatic heterocycles. The van der Waals surface area contributed by atoms with Gasteiger partial charge in [0.15, 0.2) is 0 Å². The average Bonchev–Trinajstić information content (AvgIpc) is 2.86. The van der Waals surface area contributed by atoms with Gasteiger partial charge in [0, 0.05) is 42.0 Å². The number of pyridine rings is 1. The van der Waals surface area contributed by atoms with Crippen molar-refractivity contribution in [3.8, 4) is 16.9 Å². The van der Waals surface area contributed by atoms with E-state index < -0.39 is 5.60 Å². The zero-order valence-corrected chi connectivity index (χ0v) is 26.9. The van der Waals surface area contributed by atoms with Crippen molar-refractivity contribution in [3.05, 3.63) is 45.2 Å². The number of aryl methyl sites for hydroxylation is 2. The molecule has 40 heavy (non-hydrogen) atoms. The molecular formula is C32H47BrN2O5. The molecule has 0 atom stereocenters. The van der Waals surface area contributed by atoms with E-state index >= 15 is 0 Å². The van der Waals surface area contributed by atoms with Crippen molar-refractivity contribution in [2.45, 2.75) is 91.9 Å². The topological polar surface area (TPSA) is 81.1 Å². The van der Waals surface area contributed by atoms with Crippen molar-refractivity contribution >= 4 is 21.9 Å². The van der Waals surface area contributed by atoms with Gasteiger partial charge in [0.2, 0.25) is 0 Å². The lowest BCUT2D eigenvalue weighted by molar-refractivity contribution is -0.146. The number of hydrogen-bond donors (Lipinski definition) is 1. The van der Waals surface area contributed by atoms with Crippen LogP contribution < -0.4 is 4.74 Å². The average molecular weight is 620 g/mol. The molecule has 1 aromatic carbocycles. The standard InChI is InChI=1S/C28H37BrN2O4.C4H10O/c1-18(2)35-26(32)15-23-19(3)30-24(17-31(4)16-20-9-12-33-13-10-20)28(29)27(23)22-7-8-25-21(14-22)6-5-11-34-25;1-4(2,3)5/h7-8,14,18,20H,5-6,9-13,15-17H2,1-4H3;5H,1-3H3. The molecule has 4 rings (SSSR count). The molecular weight excluding hydrogens is 572 g/mol. The smallest absolute Gasteiger partial charge is 0.310 e. The summed E-state index contributed by atoms with van der Waals surface area (Å²) in [5.41, 5.74) is 5.58. The molecule has 1 fully saturated rings. The summed E-state index contributed by atoms with van der Waals surface area (Å²) in [5, 5.41) is 8.52. The highest BCUT2D eigenvalue weighted by molar-refractivity contribution is 9.10. The highest BCUT2D eigenvalue weighted by atomic mass is 79.9. The number of ether oxygens (including phenoxy) is 3. The first-order chi connectivity index (χ1) is 18.8. The highest BCUT2D eigenvalue weighted by Gasteiger charge is 2.24. The minimum Gasteiger partial charge on any atom is -0.493 e. The van der Waals surface area contributed by atoms with Gasteiger partial charge >= 0.3 is 5.97 Å². The molecule has 3 heterocycles. The van der Waals surface area contributed by atoms with E-state index in [2.05, 4.69) is 46.1 Å². The molecule has 2 aliphatic rings. The van der Waals surface area contributed by atoms with Crippen LogP contribution in [0.15, 0.2) is 22.7 Å². The van der Waals surface area contributed by atoms with E-state index in [4.69, 9.17) is 24.3 Å². The maximum absolute atomic E-state index is 12.7. The number of aromatic nitrogens is 1. The molecule has 8 heteroatoms. The van der Waals surface area contributed by atoms with Crippen LogP contribution in [0.4, 0.5) is 0 Å². The number of hydrogen-bond acceptors (Lipinski definition) is 7. The van der Waals surface area contributed by atoms with E-state index in [9.17, 15) is 4.79 Å². The van der Waals surface area contributed by atoms with Gasteiger partial charge in [-0.05, 0) is 125 Å². The fourth-order valence-electron chi connectivity index (χ4n) is 5.05. The largest absolute Gasteiger partial charge is 0.493 e. The van der Waals surface area contributed by atoms with Gasteiger partial charge in [-0.25, -0.2) is 0 Å². The normalized spacial score (nSPS) is 15.8. The molecule has 222 valence electrons. The van der Waals surface area contributed by atoms with Crippen LogP contribution in [-0.4, -0.2) is 66.1 Å². The van der Waals surface area contributed by atoms with E-state index in [0.29, 0.717) is 5.92 Å². The number of nitrogens with zero attached hydrogens (tertiary/aromatic N) is 2. The second kappa shape index (κ2) is 14.8. The number of aliphatic hydroxyl groups is 1. The monoisotopic (exact) mass is 618 g/mol. The van der Waals surface area contributed by atoms with Gasteiger partial charge in [-0.15, -0.1) is 0 Å². The van der Waals surface area contributed by atoms with Gasteiger partial charge < -0.3 is 24.2 Å². The third kappa shape index (κ3) is 10.1. The van der Waals surface area contributed by atoms with Crippen molar-refractivity contribution in [3.63, 3.8) is 0 Å². The molecule has 1 aromatic heterocycles. The van der Waals surface area contributed by atoms with Crippen LogP contribution in [0, 0.1) is 12.8 Å². The van der Waals surface area contributed by atoms with Crippen LogP contribution >= 0.6 is 15.9 Å². The summed E-state index contributed by atoms with van der Waals surface area (Å²) in [4.78, 5) is 20.0. The van der Waals surface area contributed by atoms with Crippen molar-refractivity contribution < 1.29 is 24.1 Å². The fraction of sp³-hybridized carbons (Fsp3) is 0.625. The lowest BCUT2D eigenvalue weighted by Gasteiger charge is -2.28. The SMILES string of the molecule is CC(C)(C)O.Cc1nc(CN(C)CC2CCOCC2)c(Br)c(-c2ccc3c(c2)CCCO3)c1CC(=O)OC(C)C. The van der Waals surface area contributed by atoms with Gasteiger partial charge in [0.05, 0.1) is 30.4 Å². The van der Waals surface area contributed by atoms with E-state index in [0.717, 1.165) is 96.9 Å². The first-order valence-electron chi connectivity index (χ1n) is 14.4. The Bertz CT molecular complexity index is 1130. The molecule has 7 nitrogen and oxygen atoms in total. The van der Waals surface area contributed by atoms with E-state index in [-0.39, 0.29) is 18.5 Å². The summed E-state index contributed by atoms with van der Waals surface area (Å²) < 4.78 is 17.8. The maximum Gasteiger partial charge on any atom is 0.310 e. The van der Waals surface area contributed by atoms with Crippen molar-refractivity contribution in [2.75, 3.05) is 33.4 Å². The van der Waals surface area contributed by atoms with Crippen LogP contribution in [0.3, 0.4) is 0 Å². The van der Waals surface area contributed by atoms with Crippen LogP contribution in [0.1, 0.15) is 76.4 Å². The number of benzene rings is 1. The van der Waals surface area contributed by atoms with Crippen LogP contribution in [0.2, 0.25) is 0 Å². The Morgan fingerprint density at radius 3 is 2.55 bits per heavy atom. The van der Waals surface area contributed by atoms with Crippen LogP contribution in [0.5, 0.6) is 5.75 Å². The Kier molecular flexibility index (Phi) is 12.0. The Morgan fingerprint density at radius 1 is 1.23 bits per heavy atom. The molecule has 0 unspecified atom stereocenters. The predicted octanol–water partition coefficient (Wildman–Crippen LogP) is 6.27. The molecule has 2 aromatic rings. The van der Waals surface area contributed by atoms with Crippen molar-refractivity contribution in [2.24, 2.45) is 5.92 Å². The second-order valence-electron chi connectivity index (χ2n) is 12.2. The second-order valence-corrected chi connectivity index (χ2v) is 13.0. The minimum absolute atomic E-state index is 0.151. The number of carbonyl (C=O) groups excluding carboxylic acids is 1. The summed E-state index contributed by atoms with van der Waals surface area (Å²) in [6.07, 6.45) is 4.27. The first kappa shape index (κ1) is 32.5. The molecule has 0 bridgehead atoms. The van der Waals surface area contributed by atoms with E-state index in [1.165, 1.54) is 5.56 Å². The third-order valence-corrected chi connectivity index (χ3v) is 7.58. The van der Waals surface area contributed by atoms with Gasteiger partial charge in [0.25, 0.3) is 0 Å². The number of halogens is 1. The van der Waals surface area contributed by atoms with Crippen molar-refractivity contribution in [1.82, 2.24) is 9.88 Å². The quantitative estimate of drug-likeness (QED) is 0.349. The highest BCUT2D eigenvalue weighted by Crippen LogP contribution is 2.39. The predicted molar refractivity (Wildman–Crippen MR) is 163 cm³/mol. The number of esters is 1. The number of fused-ring (bicyclic) bond motifs is 1. The lowest BCUT2D eigenvalue weighted by atomic mass is 9.93. The van der Waals surface area contributed by atoms with Crippen molar-refractivity contribution in [1.29, 1.82) is 0 Å². The van der Waals surface area contributed by atoms with Gasteiger partial charge in [-0.2, -0.15) is 0 Å². The summed E-state index contributed by atoms with van der Waals surface area (Å²) in [6, 6.07) is 6.36. The molecule has 1 saturated heterocycles. The van der Waals surface area contributed by atoms with Gasteiger partial charge in [-0.3, -0.25) is 9.78 Å². The Balaban J connectivity index is 0.000000810. The molecule has 0 spiro atoms. The zero-order valence-electron chi connectivity index (χ0n) is 25.3. The summed E-state index contributed by atoms with van der Waals surface area (Å²) >= 11 is 3.90. The minimum atomic E-state index is -0.500. The Morgan fingerprint density at radius 2 is 1.90 bits per heavy atom.